The van der Waals surface area contributed by atoms with Gasteiger partial charge in [0.1, 0.15) is 5.00 Å². The minimum atomic E-state index is -0.932. The number of hydrogen-bond donors (Lipinski definition) is 2. The SMILES string of the molecule is CCOC(=O)c1cc(C(C)C)sc1NC(=O)CCCC(=O)O. The number of aliphatic carboxylic acids is 1. The van der Waals surface area contributed by atoms with Crippen molar-refractivity contribution in [3.8, 4) is 0 Å². The van der Waals surface area contributed by atoms with Crippen LogP contribution in [0.5, 0.6) is 0 Å². The van der Waals surface area contributed by atoms with E-state index in [9.17, 15) is 14.4 Å². The van der Waals surface area contributed by atoms with Crippen molar-refractivity contribution < 1.29 is 24.2 Å². The molecule has 0 aliphatic heterocycles. The molecule has 22 heavy (non-hydrogen) atoms. The topological polar surface area (TPSA) is 92.7 Å². The monoisotopic (exact) mass is 327 g/mol. The number of nitrogens with one attached hydrogen (secondary N) is 1. The van der Waals surface area contributed by atoms with Crippen LogP contribution in [0, 0.1) is 0 Å². The molecule has 0 fully saturated rings. The van der Waals surface area contributed by atoms with Crippen molar-refractivity contribution in [2.45, 2.75) is 46.0 Å². The number of amides is 1. The lowest BCUT2D eigenvalue weighted by Crippen LogP contribution is -2.14. The van der Waals surface area contributed by atoms with Gasteiger partial charge in [0.25, 0.3) is 0 Å². The number of anilines is 1. The average Bonchev–Trinajstić information content (AvgIpc) is 2.82. The van der Waals surface area contributed by atoms with Gasteiger partial charge in [0, 0.05) is 17.7 Å². The minimum Gasteiger partial charge on any atom is -0.481 e. The van der Waals surface area contributed by atoms with Gasteiger partial charge >= 0.3 is 11.9 Å². The molecular weight excluding hydrogens is 306 g/mol. The maximum atomic E-state index is 11.9. The molecule has 7 heteroatoms. The van der Waals surface area contributed by atoms with Crippen LogP contribution in [0.1, 0.15) is 61.2 Å². The lowest BCUT2D eigenvalue weighted by atomic mass is 10.1. The zero-order valence-corrected chi connectivity index (χ0v) is 13.8. The smallest absolute Gasteiger partial charge is 0.341 e. The molecule has 0 saturated heterocycles. The van der Waals surface area contributed by atoms with Crippen molar-refractivity contribution in [3.05, 3.63) is 16.5 Å². The van der Waals surface area contributed by atoms with E-state index >= 15 is 0 Å². The zero-order valence-electron chi connectivity index (χ0n) is 13.0. The number of hydrogen-bond acceptors (Lipinski definition) is 5. The Hall–Kier alpha value is -1.89. The molecule has 1 aromatic rings. The molecule has 1 rings (SSSR count). The highest BCUT2D eigenvalue weighted by atomic mass is 32.1. The van der Waals surface area contributed by atoms with E-state index < -0.39 is 11.9 Å². The fourth-order valence-corrected chi connectivity index (χ4v) is 2.80. The number of carbonyl (C=O) groups is 3. The van der Waals surface area contributed by atoms with Crippen LogP contribution in [0.3, 0.4) is 0 Å². The Morgan fingerprint density at radius 1 is 1.32 bits per heavy atom. The first kappa shape index (κ1) is 18.2. The van der Waals surface area contributed by atoms with Crippen LogP contribution < -0.4 is 5.32 Å². The quantitative estimate of drug-likeness (QED) is 0.715. The van der Waals surface area contributed by atoms with E-state index in [0.29, 0.717) is 10.6 Å². The Labute approximate surface area is 133 Å². The first-order valence-corrected chi connectivity index (χ1v) is 7.99. The summed E-state index contributed by atoms with van der Waals surface area (Å²) in [6.07, 6.45) is 0.307. The molecule has 0 bridgehead atoms. The van der Waals surface area contributed by atoms with Gasteiger partial charge in [0.2, 0.25) is 5.91 Å². The van der Waals surface area contributed by atoms with Gasteiger partial charge in [0.15, 0.2) is 0 Å². The fraction of sp³-hybridized carbons (Fsp3) is 0.533. The molecule has 0 atom stereocenters. The zero-order chi connectivity index (χ0) is 16.7. The lowest BCUT2D eigenvalue weighted by molar-refractivity contribution is -0.137. The second-order valence-corrected chi connectivity index (χ2v) is 6.15. The number of carboxylic acids is 1. The molecule has 1 aromatic heterocycles. The van der Waals surface area contributed by atoms with Crippen molar-refractivity contribution >= 4 is 34.2 Å². The van der Waals surface area contributed by atoms with Crippen LogP contribution in [-0.2, 0) is 14.3 Å². The highest BCUT2D eigenvalue weighted by Crippen LogP contribution is 2.33. The molecule has 0 unspecified atom stereocenters. The highest BCUT2D eigenvalue weighted by Gasteiger charge is 2.20. The Morgan fingerprint density at radius 2 is 2.00 bits per heavy atom. The molecule has 0 aliphatic carbocycles. The van der Waals surface area contributed by atoms with E-state index in [0.717, 1.165) is 4.88 Å². The summed E-state index contributed by atoms with van der Waals surface area (Å²) in [5.41, 5.74) is 0.349. The van der Waals surface area contributed by atoms with E-state index in [4.69, 9.17) is 9.84 Å². The van der Waals surface area contributed by atoms with Crippen LogP contribution in [0.15, 0.2) is 6.07 Å². The van der Waals surface area contributed by atoms with Crippen LogP contribution in [0.4, 0.5) is 5.00 Å². The lowest BCUT2D eigenvalue weighted by Gasteiger charge is -2.05. The van der Waals surface area contributed by atoms with Crippen LogP contribution in [0.25, 0.3) is 0 Å². The summed E-state index contributed by atoms with van der Waals surface area (Å²) in [5.74, 6) is -1.47. The number of rotatable bonds is 8. The van der Waals surface area contributed by atoms with E-state index in [1.165, 1.54) is 11.3 Å². The summed E-state index contributed by atoms with van der Waals surface area (Å²) >= 11 is 1.34. The minimum absolute atomic E-state index is 0.0557. The summed E-state index contributed by atoms with van der Waals surface area (Å²) in [4.78, 5) is 35.2. The van der Waals surface area contributed by atoms with Crippen molar-refractivity contribution in [2.24, 2.45) is 0 Å². The van der Waals surface area contributed by atoms with Gasteiger partial charge in [-0.1, -0.05) is 13.8 Å². The molecule has 0 saturated carbocycles. The first-order valence-electron chi connectivity index (χ1n) is 7.17. The second-order valence-electron chi connectivity index (χ2n) is 5.06. The summed E-state index contributed by atoms with van der Waals surface area (Å²) in [6.45, 7) is 5.98. The molecule has 0 aliphatic rings. The largest absolute Gasteiger partial charge is 0.481 e. The fourth-order valence-electron chi connectivity index (χ4n) is 1.74. The van der Waals surface area contributed by atoms with Crippen molar-refractivity contribution in [1.82, 2.24) is 0 Å². The predicted molar refractivity (Wildman–Crippen MR) is 84.5 cm³/mol. The number of carboxylic acid groups (broad SMARTS) is 1. The molecule has 2 N–H and O–H groups in total. The summed E-state index contributed by atoms with van der Waals surface area (Å²) in [7, 11) is 0. The summed E-state index contributed by atoms with van der Waals surface area (Å²) in [6, 6.07) is 1.74. The second kappa shape index (κ2) is 8.53. The van der Waals surface area contributed by atoms with Gasteiger partial charge in [-0.05, 0) is 25.3 Å². The molecule has 1 heterocycles. The van der Waals surface area contributed by atoms with Gasteiger partial charge in [-0.15, -0.1) is 11.3 Å². The number of carbonyl (C=O) groups excluding carboxylic acids is 2. The Kier molecular flexibility index (Phi) is 7.04. The van der Waals surface area contributed by atoms with Gasteiger partial charge in [0.05, 0.1) is 12.2 Å². The normalized spacial score (nSPS) is 10.5. The van der Waals surface area contributed by atoms with E-state index in [-0.39, 0.29) is 37.7 Å². The molecule has 122 valence electrons. The van der Waals surface area contributed by atoms with Gasteiger partial charge < -0.3 is 15.2 Å². The van der Waals surface area contributed by atoms with Crippen molar-refractivity contribution in [3.63, 3.8) is 0 Å². The molecular formula is C15H21NO5S. The van der Waals surface area contributed by atoms with Crippen LogP contribution >= 0.6 is 11.3 Å². The van der Waals surface area contributed by atoms with Crippen molar-refractivity contribution in [1.29, 1.82) is 0 Å². The van der Waals surface area contributed by atoms with E-state index in [1.807, 2.05) is 13.8 Å². The summed E-state index contributed by atoms with van der Waals surface area (Å²) in [5, 5.41) is 11.7. The number of thiophene rings is 1. The Morgan fingerprint density at radius 3 is 2.55 bits per heavy atom. The molecule has 0 spiro atoms. The maximum absolute atomic E-state index is 11.9. The summed E-state index contributed by atoms with van der Waals surface area (Å²) < 4.78 is 4.99. The molecule has 1 amide bonds. The maximum Gasteiger partial charge on any atom is 0.341 e. The van der Waals surface area contributed by atoms with Crippen molar-refractivity contribution in [2.75, 3.05) is 11.9 Å². The molecule has 0 aromatic carbocycles. The van der Waals surface area contributed by atoms with E-state index in [1.54, 1.807) is 13.0 Å². The third-order valence-electron chi connectivity index (χ3n) is 2.86. The van der Waals surface area contributed by atoms with Gasteiger partial charge in [-0.25, -0.2) is 4.79 Å². The first-order chi connectivity index (χ1) is 10.3. The Balaban J connectivity index is 2.80. The third-order valence-corrected chi connectivity index (χ3v) is 4.21. The molecule has 6 nitrogen and oxygen atoms in total. The van der Waals surface area contributed by atoms with Crippen LogP contribution in [-0.4, -0.2) is 29.6 Å². The Bertz CT molecular complexity index is 550. The average molecular weight is 327 g/mol. The standard InChI is InChI=1S/C15H21NO5S/c1-4-21-15(20)10-8-11(9(2)3)22-14(10)16-12(17)6-5-7-13(18)19/h8-9H,4-7H2,1-3H3,(H,16,17)(H,18,19). The predicted octanol–water partition coefficient (Wildman–Crippen LogP) is 3.24. The third kappa shape index (κ3) is 5.48. The van der Waals surface area contributed by atoms with Gasteiger partial charge in [-0.2, -0.15) is 0 Å². The molecule has 0 radical (unpaired) electrons. The number of esters is 1. The highest BCUT2D eigenvalue weighted by molar-refractivity contribution is 7.16. The van der Waals surface area contributed by atoms with E-state index in [2.05, 4.69) is 5.32 Å². The van der Waals surface area contributed by atoms with Crippen LogP contribution in [0.2, 0.25) is 0 Å². The number of ether oxygens (including phenoxy) is 1. The van der Waals surface area contributed by atoms with Gasteiger partial charge in [-0.3, -0.25) is 9.59 Å².